The molecule has 0 spiro atoms. The van der Waals surface area contributed by atoms with Crippen LogP contribution in [0.25, 0.3) is 0 Å². The molecule has 106 valence electrons. The maximum atomic E-state index is 8.94. The fourth-order valence-corrected chi connectivity index (χ4v) is 2.34. The fourth-order valence-electron chi connectivity index (χ4n) is 2.34. The van der Waals surface area contributed by atoms with Crippen LogP contribution in [-0.4, -0.2) is 59.3 Å². The zero-order valence-corrected chi connectivity index (χ0v) is 11.5. The molecule has 0 saturated carbocycles. The summed E-state index contributed by atoms with van der Waals surface area (Å²) >= 11 is 0. The summed E-state index contributed by atoms with van der Waals surface area (Å²) in [5.41, 5.74) is 5.85. The molecule has 0 aromatic carbocycles. The molecule has 1 aliphatic heterocycles. The van der Waals surface area contributed by atoms with E-state index in [9.17, 15) is 0 Å². The molecule has 1 aromatic heterocycles. The zero-order valence-electron chi connectivity index (χ0n) is 11.5. The van der Waals surface area contributed by atoms with Crippen LogP contribution in [-0.2, 0) is 6.42 Å². The average molecular weight is 265 g/mol. The monoisotopic (exact) mass is 265 g/mol. The molecule has 0 unspecified atom stereocenters. The predicted molar refractivity (Wildman–Crippen MR) is 76.2 cm³/mol. The minimum Gasteiger partial charge on any atom is -0.395 e. The zero-order chi connectivity index (χ0) is 13.7. The van der Waals surface area contributed by atoms with E-state index in [0.29, 0.717) is 5.82 Å². The molecule has 19 heavy (non-hydrogen) atoms. The van der Waals surface area contributed by atoms with E-state index in [0.717, 1.165) is 57.2 Å². The Morgan fingerprint density at radius 1 is 1.26 bits per heavy atom. The van der Waals surface area contributed by atoms with E-state index in [1.54, 1.807) is 0 Å². The number of hydrogen-bond donors (Lipinski definition) is 2. The smallest absolute Gasteiger partial charge is 0.134 e. The van der Waals surface area contributed by atoms with Crippen molar-refractivity contribution in [1.82, 2.24) is 14.9 Å². The summed E-state index contributed by atoms with van der Waals surface area (Å²) in [6, 6.07) is 1.85. The standard InChI is InChI=1S/C13H23N5O/c1-2-3-12-15-11(14)10-13(16-12)18-6-4-17(5-7-18)8-9-19/h10,19H,2-9H2,1H3,(H2,14,15,16). The molecule has 1 fully saturated rings. The van der Waals surface area contributed by atoms with E-state index < -0.39 is 0 Å². The Balaban J connectivity index is 2.02. The Hall–Kier alpha value is -1.40. The van der Waals surface area contributed by atoms with Crippen molar-refractivity contribution in [2.24, 2.45) is 0 Å². The first-order valence-corrected chi connectivity index (χ1v) is 6.94. The van der Waals surface area contributed by atoms with E-state index in [4.69, 9.17) is 10.8 Å². The second-order valence-electron chi connectivity index (χ2n) is 4.87. The molecule has 0 bridgehead atoms. The Morgan fingerprint density at radius 3 is 2.63 bits per heavy atom. The highest BCUT2D eigenvalue weighted by Gasteiger charge is 2.18. The Labute approximate surface area is 114 Å². The lowest BCUT2D eigenvalue weighted by molar-refractivity contribution is 0.188. The predicted octanol–water partition coefficient (Wildman–Crippen LogP) is 0.126. The maximum absolute atomic E-state index is 8.94. The van der Waals surface area contributed by atoms with Gasteiger partial charge < -0.3 is 15.7 Å². The lowest BCUT2D eigenvalue weighted by Crippen LogP contribution is -2.47. The molecule has 0 amide bonds. The van der Waals surface area contributed by atoms with Crippen LogP contribution in [0.2, 0.25) is 0 Å². The van der Waals surface area contributed by atoms with Crippen LogP contribution in [0.4, 0.5) is 11.6 Å². The molecule has 0 atom stereocenters. The summed E-state index contributed by atoms with van der Waals surface area (Å²) in [6.45, 7) is 6.83. The van der Waals surface area contributed by atoms with E-state index in [2.05, 4.69) is 26.7 Å². The molecular weight excluding hydrogens is 242 g/mol. The Morgan fingerprint density at radius 2 is 2.00 bits per heavy atom. The Kier molecular flexibility index (Phi) is 4.93. The van der Waals surface area contributed by atoms with E-state index in [1.165, 1.54) is 0 Å². The van der Waals surface area contributed by atoms with Gasteiger partial charge in [-0.05, 0) is 6.42 Å². The number of aromatic nitrogens is 2. The Bertz CT molecular complexity index is 404. The number of nitrogen functional groups attached to an aromatic ring is 1. The number of aliphatic hydroxyl groups is 1. The van der Waals surface area contributed by atoms with Gasteiger partial charge in [0, 0.05) is 45.2 Å². The van der Waals surface area contributed by atoms with E-state index in [1.807, 2.05) is 6.07 Å². The van der Waals surface area contributed by atoms with Crippen molar-refractivity contribution in [2.75, 3.05) is 50.0 Å². The number of aryl methyl sites for hydroxylation is 1. The molecule has 0 radical (unpaired) electrons. The molecule has 1 aliphatic rings. The molecule has 1 saturated heterocycles. The van der Waals surface area contributed by atoms with Crippen LogP contribution in [0.1, 0.15) is 19.2 Å². The number of rotatable bonds is 5. The van der Waals surface area contributed by atoms with Gasteiger partial charge in [0.15, 0.2) is 0 Å². The topological polar surface area (TPSA) is 78.5 Å². The highest BCUT2D eigenvalue weighted by atomic mass is 16.3. The lowest BCUT2D eigenvalue weighted by atomic mass is 10.3. The normalized spacial score (nSPS) is 16.8. The first kappa shape index (κ1) is 14.0. The largest absolute Gasteiger partial charge is 0.395 e. The number of hydrogen-bond acceptors (Lipinski definition) is 6. The second-order valence-corrected chi connectivity index (χ2v) is 4.87. The van der Waals surface area contributed by atoms with Gasteiger partial charge in [-0.2, -0.15) is 0 Å². The highest BCUT2D eigenvalue weighted by molar-refractivity contribution is 5.47. The minimum absolute atomic E-state index is 0.223. The number of piperazine rings is 1. The molecule has 0 aliphatic carbocycles. The van der Waals surface area contributed by atoms with Crippen molar-refractivity contribution >= 4 is 11.6 Å². The van der Waals surface area contributed by atoms with Gasteiger partial charge >= 0.3 is 0 Å². The van der Waals surface area contributed by atoms with Crippen LogP contribution in [0.3, 0.4) is 0 Å². The van der Waals surface area contributed by atoms with Gasteiger partial charge in [-0.15, -0.1) is 0 Å². The summed E-state index contributed by atoms with van der Waals surface area (Å²) < 4.78 is 0. The van der Waals surface area contributed by atoms with Crippen molar-refractivity contribution in [3.8, 4) is 0 Å². The minimum atomic E-state index is 0.223. The van der Waals surface area contributed by atoms with Crippen molar-refractivity contribution < 1.29 is 5.11 Å². The van der Waals surface area contributed by atoms with Gasteiger partial charge in [0.2, 0.25) is 0 Å². The van der Waals surface area contributed by atoms with Crippen molar-refractivity contribution in [3.05, 3.63) is 11.9 Å². The van der Waals surface area contributed by atoms with Crippen molar-refractivity contribution in [2.45, 2.75) is 19.8 Å². The molecule has 6 heteroatoms. The lowest BCUT2D eigenvalue weighted by Gasteiger charge is -2.35. The summed E-state index contributed by atoms with van der Waals surface area (Å²) in [4.78, 5) is 13.3. The molecule has 3 N–H and O–H groups in total. The van der Waals surface area contributed by atoms with Gasteiger partial charge in [0.25, 0.3) is 0 Å². The van der Waals surface area contributed by atoms with Crippen LogP contribution in [0.5, 0.6) is 0 Å². The average Bonchev–Trinajstić information content (AvgIpc) is 2.40. The number of nitrogens with zero attached hydrogens (tertiary/aromatic N) is 4. The number of nitrogens with two attached hydrogens (primary N) is 1. The van der Waals surface area contributed by atoms with Gasteiger partial charge in [-0.25, -0.2) is 9.97 Å². The van der Waals surface area contributed by atoms with Crippen LogP contribution in [0, 0.1) is 0 Å². The van der Waals surface area contributed by atoms with Crippen molar-refractivity contribution in [1.29, 1.82) is 0 Å². The summed E-state index contributed by atoms with van der Waals surface area (Å²) in [5, 5.41) is 8.94. The van der Waals surface area contributed by atoms with Gasteiger partial charge in [0.1, 0.15) is 17.5 Å². The highest BCUT2D eigenvalue weighted by Crippen LogP contribution is 2.16. The SMILES string of the molecule is CCCc1nc(N)cc(N2CCN(CCO)CC2)n1. The molecule has 2 heterocycles. The third-order valence-electron chi connectivity index (χ3n) is 3.36. The first-order valence-electron chi connectivity index (χ1n) is 6.94. The summed E-state index contributed by atoms with van der Waals surface area (Å²) in [5.74, 6) is 2.31. The number of aliphatic hydroxyl groups excluding tert-OH is 1. The maximum Gasteiger partial charge on any atom is 0.134 e. The fraction of sp³-hybridized carbons (Fsp3) is 0.692. The van der Waals surface area contributed by atoms with Crippen LogP contribution >= 0.6 is 0 Å². The number of β-amino-alcohol motifs (C(OH)–C–C–N with tert-alkyl or cyclic N) is 1. The van der Waals surface area contributed by atoms with E-state index in [-0.39, 0.29) is 6.61 Å². The van der Waals surface area contributed by atoms with Gasteiger partial charge in [-0.1, -0.05) is 6.92 Å². The van der Waals surface area contributed by atoms with Gasteiger partial charge in [0.05, 0.1) is 6.61 Å². The quantitative estimate of drug-likeness (QED) is 0.787. The third-order valence-corrected chi connectivity index (χ3v) is 3.36. The van der Waals surface area contributed by atoms with E-state index >= 15 is 0 Å². The molecular formula is C13H23N5O. The second kappa shape index (κ2) is 6.68. The van der Waals surface area contributed by atoms with Gasteiger partial charge in [-0.3, -0.25) is 4.90 Å². The molecule has 6 nitrogen and oxygen atoms in total. The van der Waals surface area contributed by atoms with Crippen LogP contribution < -0.4 is 10.6 Å². The molecule has 1 aromatic rings. The third kappa shape index (κ3) is 3.78. The molecule has 2 rings (SSSR count). The summed E-state index contributed by atoms with van der Waals surface area (Å²) in [6.07, 6.45) is 1.88. The number of anilines is 2. The first-order chi connectivity index (χ1) is 9.22. The summed E-state index contributed by atoms with van der Waals surface area (Å²) in [7, 11) is 0. The van der Waals surface area contributed by atoms with Crippen molar-refractivity contribution in [3.63, 3.8) is 0 Å². The van der Waals surface area contributed by atoms with Crippen LogP contribution in [0.15, 0.2) is 6.07 Å².